The third-order valence-electron chi connectivity index (χ3n) is 4.27. The van der Waals surface area contributed by atoms with Crippen LogP contribution in [0.1, 0.15) is 71.1 Å². The van der Waals surface area contributed by atoms with Crippen molar-refractivity contribution in [3.63, 3.8) is 0 Å². The molecule has 0 radical (unpaired) electrons. The van der Waals surface area contributed by atoms with E-state index in [0.29, 0.717) is 0 Å². The number of likely N-dealkylation sites (tertiary alicyclic amines) is 1. The molecule has 1 fully saturated rings. The van der Waals surface area contributed by atoms with E-state index < -0.39 is 0 Å². The van der Waals surface area contributed by atoms with E-state index in [-0.39, 0.29) is 0 Å². The van der Waals surface area contributed by atoms with Crippen LogP contribution in [0.3, 0.4) is 0 Å². The number of nitrogens with zero attached hydrogens (tertiary/aromatic N) is 1. The van der Waals surface area contributed by atoms with Gasteiger partial charge in [0.2, 0.25) is 0 Å². The minimum Gasteiger partial charge on any atom is -0.330 e. The molecule has 1 rings (SSSR count). The Kier molecular flexibility index (Phi) is 9.59. The second-order valence-corrected chi connectivity index (χ2v) is 6.01. The fraction of sp³-hybridized carbons (Fsp3) is 1.00. The first-order valence-electron chi connectivity index (χ1n) is 8.29. The van der Waals surface area contributed by atoms with Crippen LogP contribution in [-0.2, 0) is 0 Å². The number of hydrogen-bond donors (Lipinski definition) is 1. The van der Waals surface area contributed by atoms with E-state index in [1.165, 1.54) is 83.8 Å². The second-order valence-electron chi connectivity index (χ2n) is 6.01. The molecule has 18 heavy (non-hydrogen) atoms. The minimum absolute atomic E-state index is 0.871. The maximum atomic E-state index is 5.62. The Bertz CT molecular complexity index is 182. The van der Waals surface area contributed by atoms with Gasteiger partial charge in [-0.2, -0.15) is 0 Å². The largest absolute Gasteiger partial charge is 0.330 e. The number of unbranched alkanes of at least 4 members (excludes halogenated alkanes) is 7. The molecular weight excluding hydrogens is 220 g/mol. The number of rotatable bonds is 11. The van der Waals surface area contributed by atoms with E-state index in [9.17, 15) is 0 Å². The fourth-order valence-corrected chi connectivity index (χ4v) is 3.06. The van der Waals surface area contributed by atoms with Crippen molar-refractivity contribution in [3.05, 3.63) is 0 Å². The zero-order chi connectivity index (χ0) is 13.1. The zero-order valence-electron chi connectivity index (χ0n) is 12.5. The molecule has 1 aliphatic rings. The summed E-state index contributed by atoms with van der Waals surface area (Å²) in [5, 5.41) is 0. The molecule has 1 atom stereocenters. The maximum Gasteiger partial charge on any atom is 0.00106 e. The van der Waals surface area contributed by atoms with Crippen LogP contribution in [0, 0.1) is 5.92 Å². The molecule has 0 aromatic rings. The van der Waals surface area contributed by atoms with Crippen molar-refractivity contribution in [2.45, 2.75) is 71.1 Å². The first-order valence-corrected chi connectivity index (χ1v) is 8.29. The molecule has 0 aromatic carbocycles. The molecule has 0 aromatic heterocycles. The van der Waals surface area contributed by atoms with Gasteiger partial charge < -0.3 is 10.6 Å². The summed E-state index contributed by atoms with van der Waals surface area (Å²) in [6.07, 6.45) is 14.0. The van der Waals surface area contributed by atoms with Crippen molar-refractivity contribution in [3.8, 4) is 0 Å². The first kappa shape index (κ1) is 16.0. The van der Waals surface area contributed by atoms with Crippen LogP contribution in [-0.4, -0.2) is 31.1 Å². The van der Waals surface area contributed by atoms with Crippen LogP contribution in [0.4, 0.5) is 0 Å². The third-order valence-corrected chi connectivity index (χ3v) is 4.27. The van der Waals surface area contributed by atoms with Gasteiger partial charge in [-0.25, -0.2) is 0 Å². The summed E-state index contributed by atoms with van der Waals surface area (Å²) >= 11 is 0. The molecule has 1 saturated heterocycles. The van der Waals surface area contributed by atoms with Gasteiger partial charge in [-0.1, -0.05) is 51.9 Å². The van der Waals surface area contributed by atoms with Crippen molar-refractivity contribution in [2.24, 2.45) is 11.7 Å². The van der Waals surface area contributed by atoms with E-state index in [4.69, 9.17) is 5.73 Å². The number of hydrogen-bond acceptors (Lipinski definition) is 2. The van der Waals surface area contributed by atoms with Gasteiger partial charge in [-0.3, -0.25) is 0 Å². The van der Waals surface area contributed by atoms with Gasteiger partial charge in [0.1, 0.15) is 0 Å². The molecule has 1 unspecified atom stereocenters. The Balaban J connectivity index is 1.84. The molecule has 2 nitrogen and oxygen atoms in total. The molecule has 0 spiro atoms. The maximum absolute atomic E-state index is 5.62. The Labute approximate surface area is 114 Å². The lowest BCUT2D eigenvalue weighted by atomic mass is 10.1. The van der Waals surface area contributed by atoms with Crippen molar-refractivity contribution >= 4 is 0 Å². The van der Waals surface area contributed by atoms with Gasteiger partial charge in [0.05, 0.1) is 0 Å². The monoisotopic (exact) mass is 254 g/mol. The van der Waals surface area contributed by atoms with E-state index in [1.807, 2.05) is 0 Å². The van der Waals surface area contributed by atoms with Gasteiger partial charge >= 0.3 is 0 Å². The summed E-state index contributed by atoms with van der Waals surface area (Å²) in [5.41, 5.74) is 5.62. The van der Waals surface area contributed by atoms with E-state index in [2.05, 4.69) is 11.8 Å². The molecule has 1 heterocycles. The average molecular weight is 254 g/mol. The molecule has 0 saturated carbocycles. The van der Waals surface area contributed by atoms with Gasteiger partial charge in [-0.05, 0) is 44.8 Å². The summed E-state index contributed by atoms with van der Waals surface area (Å²) < 4.78 is 0. The summed E-state index contributed by atoms with van der Waals surface area (Å²) in [6, 6.07) is 0. The van der Waals surface area contributed by atoms with Crippen LogP contribution >= 0.6 is 0 Å². The standard InChI is InChI=1S/C16H34N2/c1-2-3-4-5-6-7-8-9-13-18-14-11-16(15-18)10-12-17/h16H,2-15,17H2,1H3. The van der Waals surface area contributed by atoms with Gasteiger partial charge in [0, 0.05) is 6.54 Å². The molecular formula is C16H34N2. The second kappa shape index (κ2) is 10.8. The van der Waals surface area contributed by atoms with E-state index in [0.717, 1.165) is 12.5 Å². The average Bonchev–Trinajstić information content (AvgIpc) is 2.81. The molecule has 2 N–H and O–H groups in total. The molecule has 0 aliphatic carbocycles. The first-order chi connectivity index (χ1) is 8.86. The third kappa shape index (κ3) is 7.38. The summed E-state index contributed by atoms with van der Waals surface area (Å²) in [7, 11) is 0. The fourth-order valence-electron chi connectivity index (χ4n) is 3.06. The minimum atomic E-state index is 0.871. The SMILES string of the molecule is CCCCCCCCCCN1CCC(CCN)C1. The quantitative estimate of drug-likeness (QED) is 0.568. The van der Waals surface area contributed by atoms with Gasteiger partial charge in [0.25, 0.3) is 0 Å². The lowest BCUT2D eigenvalue weighted by Crippen LogP contribution is -2.22. The molecule has 0 amide bonds. The highest BCUT2D eigenvalue weighted by molar-refractivity contribution is 4.75. The van der Waals surface area contributed by atoms with Crippen LogP contribution in [0.25, 0.3) is 0 Å². The van der Waals surface area contributed by atoms with E-state index in [1.54, 1.807) is 0 Å². The van der Waals surface area contributed by atoms with E-state index >= 15 is 0 Å². The smallest absolute Gasteiger partial charge is 0.00106 e. The van der Waals surface area contributed by atoms with Crippen molar-refractivity contribution < 1.29 is 0 Å². The normalized spacial score (nSPS) is 20.7. The number of nitrogens with two attached hydrogens (primary N) is 1. The molecule has 2 heteroatoms. The molecule has 1 aliphatic heterocycles. The summed E-state index contributed by atoms with van der Waals surface area (Å²) in [4.78, 5) is 2.65. The lowest BCUT2D eigenvalue weighted by molar-refractivity contribution is 0.312. The highest BCUT2D eigenvalue weighted by Gasteiger charge is 2.20. The van der Waals surface area contributed by atoms with Crippen LogP contribution in [0.5, 0.6) is 0 Å². The van der Waals surface area contributed by atoms with Crippen molar-refractivity contribution in [1.82, 2.24) is 4.90 Å². The predicted molar refractivity (Wildman–Crippen MR) is 80.8 cm³/mol. The summed E-state index contributed by atoms with van der Waals surface area (Å²) in [6.45, 7) is 7.12. The molecule has 0 bridgehead atoms. The topological polar surface area (TPSA) is 29.3 Å². The van der Waals surface area contributed by atoms with Crippen molar-refractivity contribution in [1.29, 1.82) is 0 Å². The predicted octanol–water partition coefficient (Wildman–Crippen LogP) is 3.80. The van der Waals surface area contributed by atoms with Crippen molar-refractivity contribution in [2.75, 3.05) is 26.2 Å². The highest BCUT2D eigenvalue weighted by Crippen LogP contribution is 2.19. The van der Waals surface area contributed by atoms with Crippen LogP contribution in [0.2, 0.25) is 0 Å². The molecule has 108 valence electrons. The van der Waals surface area contributed by atoms with Gasteiger partial charge in [0.15, 0.2) is 0 Å². The van der Waals surface area contributed by atoms with Gasteiger partial charge in [-0.15, -0.1) is 0 Å². The lowest BCUT2D eigenvalue weighted by Gasteiger charge is -2.15. The Hall–Kier alpha value is -0.0800. The Morgan fingerprint density at radius 2 is 1.67 bits per heavy atom. The summed E-state index contributed by atoms with van der Waals surface area (Å²) in [5.74, 6) is 0.893. The van der Waals surface area contributed by atoms with Crippen LogP contribution < -0.4 is 5.73 Å². The van der Waals surface area contributed by atoms with Crippen LogP contribution in [0.15, 0.2) is 0 Å². The Morgan fingerprint density at radius 1 is 1.00 bits per heavy atom. The zero-order valence-corrected chi connectivity index (χ0v) is 12.5. The Morgan fingerprint density at radius 3 is 2.33 bits per heavy atom. The highest BCUT2D eigenvalue weighted by atomic mass is 15.1.